The Morgan fingerprint density at radius 2 is 2.25 bits per heavy atom. The Labute approximate surface area is 93.5 Å². The smallest absolute Gasteiger partial charge is 0.337 e. The third kappa shape index (κ3) is 1.82. The first-order chi connectivity index (χ1) is 7.72. The van der Waals surface area contributed by atoms with Crippen LogP contribution in [-0.2, 0) is 11.8 Å². The summed E-state index contributed by atoms with van der Waals surface area (Å²) in [5.41, 5.74) is 1.43. The van der Waals surface area contributed by atoms with Crippen molar-refractivity contribution in [2.75, 3.05) is 7.11 Å². The van der Waals surface area contributed by atoms with Crippen LogP contribution in [0.2, 0.25) is 0 Å². The molecule has 2 aromatic rings. The van der Waals surface area contributed by atoms with Gasteiger partial charge in [0.1, 0.15) is 5.82 Å². The first-order valence-electron chi connectivity index (χ1n) is 4.88. The van der Waals surface area contributed by atoms with Gasteiger partial charge in [-0.15, -0.1) is 0 Å². The third-order valence-electron chi connectivity index (χ3n) is 2.36. The summed E-state index contributed by atoms with van der Waals surface area (Å²) < 4.78 is 6.57. The summed E-state index contributed by atoms with van der Waals surface area (Å²) in [4.78, 5) is 15.6. The Morgan fingerprint density at radius 3 is 2.88 bits per heavy atom. The fourth-order valence-corrected chi connectivity index (χ4v) is 1.55. The summed E-state index contributed by atoms with van der Waals surface area (Å²) in [6, 6.07) is 7.22. The number of nitrogens with zero attached hydrogens (tertiary/aromatic N) is 2. The van der Waals surface area contributed by atoms with Gasteiger partial charge >= 0.3 is 5.97 Å². The van der Waals surface area contributed by atoms with Crippen LogP contribution in [0.3, 0.4) is 0 Å². The third-order valence-corrected chi connectivity index (χ3v) is 2.36. The molecule has 0 saturated heterocycles. The minimum atomic E-state index is -0.337. The summed E-state index contributed by atoms with van der Waals surface area (Å²) >= 11 is 0. The molecule has 0 N–H and O–H groups in total. The molecule has 0 aliphatic carbocycles. The number of esters is 1. The molecule has 0 radical (unpaired) electrons. The number of ether oxygens (including phenoxy) is 1. The predicted octanol–water partition coefficient (Wildman–Crippen LogP) is 1.87. The van der Waals surface area contributed by atoms with Crippen molar-refractivity contribution in [2.24, 2.45) is 7.05 Å². The zero-order valence-electron chi connectivity index (χ0n) is 9.18. The van der Waals surface area contributed by atoms with E-state index in [1.807, 2.05) is 29.9 Å². The van der Waals surface area contributed by atoms with Crippen molar-refractivity contribution in [1.82, 2.24) is 9.55 Å². The number of hydrogen-bond donors (Lipinski definition) is 0. The largest absolute Gasteiger partial charge is 0.465 e. The lowest BCUT2D eigenvalue weighted by Gasteiger charge is -2.04. The predicted molar refractivity (Wildman–Crippen MR) is 60.0 cm³/mol. The van der Waals surface area contributed by atoms with Crippen LogP contribution >= 0.6 is 0 Å². The van der Waals surface area contributed by atoms with E-state index >= 15 is 0 Å². The van der Waals surface area contributed by atoms with Crippen LogP contribution in [0.5, 0.6) is 0 Å². The van der Waals surface area contributed by atoms with Crippen LogP contribution in [0.4, 0.5) is 0 Å². The van der Waals surface area contributed by atoms with Crippen LogP contribution in [0.25, 0.3) is 11.4 Å². The molecule has 16 heavy (non-hydrogen) atoms. The molecule has 0 unspecified atom stereocenters. The summed E-state index contributed by atoms with van der Waals surface area (Å²) in [6.07, 6.45) is 3.58. The Hall–Kier alpha value is -2.10. The number of carbonyl (C=O) groups excluding carboxylic acids is 1. The van der Waals surface area contributed by atoms with Gasteiger partial charge in [-0.3, -0.25) is 0 Å². The second-order valence-electron chi connectivity index (χ2n) is 3.43. The number of benzene rings is 1. The van der Waals surface area contributed by atoms with E-state index in [2.05, 4.69) is 9.72 Å². The molecule has 82 valence electrons. The van der Waals surface area contributed by atoms with Crippen LogP contribution in [0, 0.1) is 0 Å². The maximum absolute atomic E-state index is 11.4. The van der Waals surface area contributed by atoms with E-state index in [1.54, 1.807) is 18.3 Å². The first-order valence-corrected chi connectivity index (χ1v) is 4.88. The van der Waals surface area contributed by atoms with E-state index in [0.29, 0.717) is 5.56 Å². The van der Waals surface area contributed by atoms with Crippen molar-refractivity contribution < 1.29 is 9.53 Å². The highest BCUT2D eigenvalue weighted by atomic mass is 16.5. The number of aryl methyl sites for hydroxylation is 1. The van der Waals surface area contributed by atoms with Gasteiger partial charge in [0.15, 0.2) is 0 Å². The van der Waals surface area contributed by atoms with Gasteiger partial charge in [-0.25, -0.2) is 9.78 Å². The normalized spacial score (nSPS) is 10.1. The molecule has 1 aromatic heterocycles. The molecule has 2 rings (SSSR count). The summed E-state index contributed by atoms with van der Waals surface area (Å²) in [5.74, 6) is 0.488. The molecular weight excluding hydrogens is 204 g/mol. The fraction of sp³-hybridized carbons (Fsp3) is 0.167. The molecule has 0 aliphatic rings. The lowest BCUT2D eigenvalue weighted by Crippen LogP contribution is -2.01. The average molecular weight is 216 g/mol. The summed E-state index contributed by atoms with van der Waals surface area (Å²) in [6.45, 7) is 0. The lowest BCUT2D eigenvalue weighted by molar-refractivity contribution is 0.0601. The van der Waals surface area contributed by atoms with E-state index in [4.69, 9.17) is 0 Å². The van der Waals surface area contributed by atoms with Crippen LogP contribution in [0.1, 0.15) is 10.4 Å². The molecule has 4 nitrogen and oxygen atoms in total. The maximum Gasteiger partial charge on any atom is 0.337 e. The van der Waals surface area contributed by atoms with E-state index in [0.717, 1.165) is 11.4 Å². The van der Waals surface area contributed by atoms with E-state index in [1.165, 1.54) is 7.11 Å². The van der Waals surface area contributed by atoms with E-state index < -0.39 is 0 Å². The van der Waals surface area contributed by atoms with Gasteiger partial charge < -0.3 is 9.30 Å². The highest BCUT2D eigenvalue weighted by Gasteiger charge is 2.08. The zero-order valence-corrected chi connectivity index (χ0v) is 9.18. The molecule has 0 atom stereocenters. The number of carbonyl (C=O) groups is 1. The van der Waals surface area contributed by atoms with Gasteiger partial charge in [0.25, 0.3) is 0 Å². The molecule has 0 amide bonds. The van der Waals surface area contributed by atoms with Gasteiger partial charge in [-0.2, -0.15) is 0 Å². The summed E-state index contributed by atoms with van der Waals surface area (Å²) in [7, 11) is 3.28. The van der Waals surface area contributed by atoms with Crippen LogP contribution in [-0.4, -0.2) is 22.6 Å². The number of rotatable bonds is 2. The molecule has 0 bridgehead atoms. The Morgan fingerprint density at radius 1 is 1.44 bits per heavy atom. The highest BCUT2D eigenvalue weighted by molar-refractivity contribution is 5.90. The number of methoxy groups -OCH3 is 1. The first kappa shape index (κ1) is 10.4. The second-order valence-corrected chi connectivity index (χ2v) is 3.43. The topological polar surface area (TPSA) is 44.1 Å². The molecule has 4 heteroatoms. The second kappa shape index (κ2) is 4.18. The van der Waals surface area contributed by atoms with Gasteiger partial charge in [0.2, 0.25) is 0 Å². The van der Waals surface area contributed by atoms with Gasteiger partial charge in [0, 0.05) is 25.0 Å². The molecule has 0 saturated carbocycles. The fourth-order valence-electron chi connectivity index (χ4n) is 1.55. The molecule has 0 aliphatic heterocycles. The van der Waals surface area contributed by atoms with Crippen molar-refractivity contribution >= 4 is 5.97 Å². The quantitative estimate of drug-likeness (QED) is 0.720. The number of imidazole rings is 1. The molecular formula is C12H12N2O2. The minimum Gasteiger partial charge on any atom is -0.465 e. The number of hydrogen-bond acceptors (Lipinski definition) is 3. The van der Waals surface area contributed by atoms with Crippen molar-refractivity contribution in [3.05, 3.63) is 42.2 Å². The molecule has 0 fully saturated rings. The molecule has 0 spiro atoms. The van der Waals surface area contributed by atoms with Gasteiger partial charge in [-0.05, 0) is 12.1 Å². The van der Waals surface area contributed by atoms with E-state index in [-0.39, 0.29) is 5.97 Å². The van der Waals surface area contributed by atoms with Crippen LogP contribution in [0.15, 0.2) is 36.7 Å². The SMILES string of the molecule is COC(=O)c1cccc(-c2nccn2C)c1. The lowest BCUT2D eigenvalue weighted by atomic mass is 10.1. The van der Waals surface area contributed by atoms with Crippen molar-refractivity contribution in [2.45, 2.75) is 0 Å². The van der Waals surface area contributed by atoms with Gasteiger partial charge in [-0.1, -0.05) is 12.1 Å². The average Bonchev–Trinajstić information content (AvgIpc) is 2.74. The van der Waals surface area contributed by atoms with Crippen molar-refractivity contribution in [3.8, 4) is 11.4 Å². The van der Waals surface area contributed by atoms with Crippen LogP contribution < -0.4 is 0 Å². The maximum atomic E-state index is 11.4. The Kier molecular flexibility index (Phi) is 2.72. The number of aromatic nitrogens is 2. The Balaban J connectivity index is 2.44. The van der Waals surface area contributed by atoms with Crippen molar-refractivity contribution in [1.29, 1.82) is 0 Å². The monoisotopic (exact) mass is 216 g/mol. The summed E-state index contributed by atoms with van der Waals surface area (Å²) in [5, 5.41) is 0. The Bertz CT molecular complexity index is 517. The highest BCUT2D eigenvalue weighted by Crippen LogP contribution is 2.18. The van der Waals surface area contributed by atoms with Gasteiger partial charge in [0.05, 0.1) is 12.7 Å². The molecule has 1 aromatic carbocycles. The minimum absolute atomic E-state index is 0.337. The zero-order chi connectivity index (χ0) is 11.5. The molecule has 1 heterocycles. The van der Waals surface area contributed by atoms with E-state index in [9.17, 15) is 4.79 Å². The van der Waals surface area contributed by atoms with Crippen molar-refractivity contribution in [3.63, 3.8) is 0 Å². The standard InChI is InChI=1S/C12H12N2O2/c1-14-7-6-13-11(14)9-4-3-5-10(8-9)12(15)16-2/h3-8H,1-2H3.